The zero-order valence-corrected chi connectivity index (χ0v) is 31.9. The number of anilines is 2. The van der Waals surface area contributed by atoms with E-state index in [1.807, 2.05) is 0 Å². The van der Waals surface area contributed by atoms with Gasteiger partial charge in [0.05, 0.1) is 25.0 Å². The number of carbonyl (C=O) groups excluding carboxylic acids is 3. The van der Waals surface area contributed by atoms with E-state index >= 15 is 0 Å². The highest BCUT2D eigenvalue weighted by Gasteiger charge is 2.28. The number of nitrogen functional groups attached to an aromatic ring is 1. The van der Waals surface area contributed by atoms with Gasteiger partial charge in [-0.1, -0.05) is 31.0 Å². The number of hydrogen-bond acceptors (Lipinski definition) is 16. The highest BCUT2D eigenvalue weighted by atomic mass is 31.2. The Morgan fingerprint density at radius 3 is 2.37 bits per heavy atom. The van der Waals surface area contributed by atoms with Gasteiger partial charge in [0.1, 0.15) is 35.3 Å². The summed E-state index contributed by atoms with van der Waals surface area (Å²) < 4.78 is 37.2. The van der Waals surface area contributed by atoms with Crippen LogP contribution in [-0.4, -0.2) is 61.5 Å². The Kier molecular flexibility index (Phi) is 14.0. The number of nitrogens with one attached hydrogen (secondary N) is 3. The molecule has 1 atom stereocenters. The average molecular weight is 824 g/mol. The molecule has 0 radical (unpaired) electrons. The third-order valence-corrected chi connectivity index (χ3v) is 9.20. The van der Waals surface area contributed by atoms with Crippen LogP contribution in [0, 0.1) is 32.0 Å². The van der Waals surface area contributed by atoms with Crippen LogP contribution in [0.2, 0.25) is 0 Å². The number of carboxylic acid groups (broad SMARTS) is 1. The van der Waals surface area contributed by atoms with E-state index in [0.717, 1.165) is 0 Å². The number of rotatable bonds is 18. The van der Waals surface area contributed by atoms with Crippen LogP contribution in [0.4, 0.5) is 11.6 Å². The predicted octanol–water partition coefficient (Wildman–Crippen LogP) is 3.89. The lowest BCUT2D eigenvalue weighted by Crippen LogP contribution is -2.41. The molecule has 0 spiro atoms. The van der Waals surface area contributed by atoms with Crippen LogP contribution >= 0.6 is 7.82 Å². The van der Waals surface area contributed by atoms with Gasteiger partial charge in [-0.2, -0.15) is 4.98 Å². The van der Waals surface area contributed by atoms with Gasteiger partial charge >= 0.3 is 31.3 Å². The van der Waals surface area contributed by atoms with Crippen LogP contribution in [0.5, 0.6) is 11.5 Å². The van der Waals surface area contributed by atoms with E-state index in [0.29, 0.717) is 22.5 Å². The molecular weight excluding hydrogens is 789 g/mol. The van der Waals surface area contributed by atoms with Crippen molar-refractivity contribution in [3.05, 3.63) is 111 Å². The van der Waals surface area contributed by atoms with Crippen molar-refractivity contribution in [3.63, 3.8) is 0 Å². The molecule has 0 aliphatic rings. The smallest absolute Gasteiger partial charge is 0.480 e. The molecule has 302 valence electrons. The van der Waals surface area contributed by atoms with Crippen LogP contribution in [0.1, 0.15) is 50.4 Å². The van der Waals surface area contributed by atoms with Gasteiger partial charge in [0.25, 0.3) is 5.91 Å². The molecule has 19 nitrogen and oxygen atoms in total. The Bertz CT molecular complexity index is 2550. The number of phosphoric acid groups is 1. The molecule has 0 aliphatic heterocycles. The van der Waals surface area contributed by atoms with Gasteiger partial charge in [0, 0.05) is 17.7 Å². The standard InChI is InChI=1S/C39H34N7O12P/c1-4-54-59(53,55-5-2)56-19-18-24-7-13-28(14-8-24)57-38(52)29-15-6-23(3)20-31(29)58-32(47)17-16-30(37(50)51)44-35(48)25-9-11-26(12-10-25)41-21-27-22-42-34-33(43-27)36(49)46-39(40)45-34/h1-2,6-15,20,22,30,41H,16-19,21H2,3H3,(H,44,48)(H,50,51)(H3,40,42,45,46,49)/t30-/m0/s1. The first-order valence-electron chi connectivity index (χ1n) is 17.3. The second-order valence-corrected chi connectivity index (χ2v) is 13.8. The molecule has 6 N–H and O–H groups in total. The first-order valence-corrected chi connectivity index (χ1v) is 18.8. The van der Waals surface area contributed by atoms with Crippen molar-refractivity contribution >= 4 is 54.4 Å². The predicted molar refractivity (Wildman–Crippen MR) is 210 cm³/mol. The van der Waals surface area contributed by atoms with Gasteiger partial charge in [-0.3, -0.25) is 18.9 Å². The minimum Gasteiger partial charge on any atom is -0.480 e. The van der Waals surface area contributed by atoms with E-state index in [1.165, 1.54) is 42.6 Å². The zero-order valence-electron chi connectivity index (χ0n) is 31.0. The Morgan fingerprint density at radius 1 is 0.983 bits per heavy atom. The number of ether oxygens (including phenoxy) is 2. The summed E-state index contributed by atoms with van der Waals surface area (Å²) in [4.78, 5) is 77.8. The number of terminal acetylenes is 2. The summed E-state index contributed by atoms with van der Waals surface area (Å²) in [6.07, 6.45) is 14.3. The molecule has 0 fully saturated rings. The maximum atomic E-state index is 13.1. The van der Waals surface area contributed by atoms with Crippen molar-refractivity contribution < 1.29 is 51.9 Å². The highest BCUT2D eigenvalue weighted by molar-refractivity contribution is 7.48. The average Bonchev–Trinajstić information content (AvgIpc) is 3.19. The van der Waals surface area contributed by atoms with E-state index in [9.17, 15) is 33.6 Å². The SMILES string of the molecule is C#COP(=O)(OC#C)OCCc1ccc(OC(=O)c2ccc(C)cc2OC(=O)CC[C@H](NC(=O)c2ccc(NCc3cnc4[nH]c(N)nc(=O)c4n3)cc2)C(=O)O)cc1. The lowest BCUT2D eigenvalue weighted by molar-refractivity contribution is -0.140. The molecule has 0 saturated heterocycles. The van der Waals surface area contributed by atoms with Crippen molar-refractivity contribution in [1.29, 1.82) is 0 Å². The fourth-order valence-corrected chi connectivity index (χ4v) is 5.89. The van der Waals surface area contributed by atoms with E-state index in [2.05, 4.69) is 39.6 Å². The largest absolute Gasteiger partial charge is 0.604 e. The summed E-state index contributed by atoms with van der Waals surface area (Å²) in [5.41, 5.74) is 7.56. The van der Waals surface area contributed by atoms with Gasteiger partial charge in [-0.25, -0.2) is 24.1 Å². The first-order chi connectivity index (χ1) is 28.2. The monoisotopic (exact) mass is 823 g/mol. The van der Waals surface area contributed by atoms with E-state index in [-0.39, 0.29) is 65.7 Å². The summed E-state index contributed by atoms with van der Waals surface area (Å²) in [5.74, 6) is -3.84. The van der Waals surface area contributed by atoms with Crippen LogP contribution in [0.25, 0.3) is 11.2 Å². The molecule has 0 saturated carbocycles. The zero-order chi connectivity index (χ0) is 42.5. The minimum absolute atomic E-state index is 0.0241. The van der Waals surface area contributed by atoms with E-state index in [4.69, 9.17) is 32.6 Å². The van der Waals surface area contributed by atoms with E-state index < -0.39 is 49.7 Å². The fourth-order valence-electron chi connectivity index (χ4n) is 5.17. The summed E-state index contributed by atoms with van der Waals surface area (Å²) in [6, 6.07) is 15.3. The van der Waals surface area contributed by atoms with Gasteiger partial charge in [0.15, 0.2) is 11.2 Å². The number of hydrogen-bond donors (Lipinski definition) is 5. The first kappa shape index (κ1) is 42.4. The molecule has 0 aliphatic carbocycles. The number of amides is 1. The van der Waals surface area contributed by atoms with Crippen molar-refractivity contribution in [2.75, 3.05) is 17.7 Å². The van der Waals surface area contributed by atoms with Gasteiger partial charge in [-0.05, 0) is 79.4 Å². The maximum Gasteiger partial charge on any atom is 0.604 e. The number of nitrogens with two attached hydrogens (primary N) is 1. The minimum atomic E-state index is -4.12. The summed E-state index contributed by atoms with van der Waals surface area (Å²) in [5, 5.41) is 15.3. The number of aliphatic carboxylic acids is 1. The molecule has 2 aromatic heterocycles. The molecule has 0 unspecified atom stereocenters. The summed E-state index contributed by atoms with van der Waals surface area (Å²) >= 11 is 0. The molecule has 5 aromatic rings. The number of aryl methyl sites for hydroxylation is 1. The number of fused-ring (bicyclic) bond motifs is 1. The molecular formula is C39H34N7O12P. The Morgan fingerprint density at radius 2 is 1.69 bits per heavy atom. The number of phosphoric ester groups is 1. The molecule has 5 rings (SSSR count). The van der Waals surface area contributed by atoms with Gasteiger partial charge in [-0.15, -0.1) is 0 Å². The number of esters is 2. The molecule has 3 aromatic carbocycles. The topological polar surface area (TPSA) is 273 Å². The number of carbonyl (C=O) groups is 4. The summed E-state index contributed by atoms with van der Waals surface area (Å²) in [6.45, 7) is 1.76. The quantitative estimate of drug-likeness (QED) is 0.0363. The number of carboxylic acids is 1. The normalized spacial score (nSPS) is 11.3. The summed E-state index contributed by atoms with van der Waals surface area (Å²) in [7, 11) is -4.12. The van der Waals surface area contributed by atoms with Crippen LogP contribution < -0.4 is 31.4 Å². The lowest BCUT2D eigenvalue weighted by atomic mass is 10.1. The molecule has 1 amide bonds. The van der Waals surface area contributed by atoms with Gasteiger partial charge < -0.3 is 45.0 Å². The lowest BCUT2D eigenvalue weighted by Gasteiger charge is -2.15. The Hall–Kier alpha value is -7.73. The Labute approximate surface area is 335 Å². The second kappa shape index (κ2) is 19.4. The molecule has 2 heterocycles. The van der Waals surface area contributed by atoms with E-state index in [1.54, 1.807) is 49.5 Å². The Balaban J connectivity index is 1.12. The number of benzene rings is 3. The van der Waals surface area contributed by atoms with Crippen LogP contribution in [0.15, 0.2) is 77.7 Å². The number of nitrogens with zero attached hydrogens (tertiary/aromatic N) is 3. The van der Waals surface area contributed by atoms with Crippen LogP contribution in [0.3, 0.4) is 0 Å². The molecule has 20 heteroatoms. The van der Waals surface area contributed by atoms with Crippen molar-refractivity contribution in [3.8, 4) is 36.6 Å². The van der Waals surface area contributed by atoms with Crippen molar-refractivity contribution in [2.24, 2.45) is 0 Å². The maximum absolute atomic E-state index is 13.1. The van der Waals surface area contributed by atoms with Crippen molar-refractivity contribution in [2.45, 2.75) is 38.8 Å². The fraction of sp³-hybridized carbons (Fsp3) is 0.179. The van der Waals surface area contributed by atoms with Gasteiger partial charge in [0.2, 0.25) is 5.95 Å². The van der Waals surface area contributed by atoms with Crippen molar-refractivity contribution in [1.82, 2.24) is 25.3 Å². The molecule has 59 heavy (non-hydrogen) atoms. The number of aromatic nitrogens is 4. The molecule has 0 bridgehead atoms. The number of H-pyrrole nitrogens is 1. The number of aromatic amines is 1. The highest BCUT2D eigenvalue weighted by Crippen LogP contribution is 2.48. The van der Waals surface area contributed by atoms with Crippen LogP contribution in [-0.2, 0) is 40.7 Å². The third kappa shape index (κ3) is 11.9. The second-order valence-electron chi connectivity index (χ2n) is 12.3. The third-order valence-electron chi connectivity index (χ3n) is 8.04.